The van der Waals surface area contributed by atoms with Crippen molar-refractivity contribution in [3.05, 3.63) is 29.8 Å². The van der Waals surface area contributed by atoms with Gasteiger partial charge in [-0.05, 0) is 30.9 Å². The van der Waals surface area contributed by atoms with E-state index in [1.165, 1.54) is 19.3 Å². The van der Waals surface area contributed by atoms with Gasteiger partial charge in [0.05, 0.1) is 11.3 Å². The Labute approximate surface area is 90.9 Å². The van der Waals surface area contributed by atoms with Crippen LogP contribution in [0.3, 0.4) is 0 Å². The minimum atomic E-state index is 0.597. The minimum absolute atomic E-state index is 0.597. The SMILES string of the molecule is CCCC1CC1Nc1ccccc1C#N. The highest BCUT2D eigenvalue weighted by molar-refractivity contribution is 5.58. The lowest BCUT2D eigenvalue weighted by atomic mass is 10.2. The topological polar surface area (TPSA) is 35.8 Å². The lowest BCUT2D eigenvalue weighted by Crippen LogP contribution is -2.05. The first-order valence-electron chi connectivity index (χ1n) is 5.60. The van der Waals surface area contributed by atoms with Crippen LogP contribution in [-0.2, 0) is 0 Å². The van der Waals surface area contributed by atoms with Crippen LogP contribution < -0.4 is 5.32 Å². The van der Waals surface area contributed by atoms with Crippen LogP contribution in [0, 0.1) is 17.2 Å². The second-order valence-electron chi connectivity index (χ2n) is 4.19. The number of anilines is 1. The molecule has 0 aromatic heterocycles. The van der Waals surface area contributed by atoms with Crippen LogP contribution >= 0.6 is 0 Å². The van der Waals surface area contributed by atoms with Gasteiger partial charge in [-0.15, -0.1) is 0 Å². The largest absolute Gasteiger partial charge is 0.381 e. The average molecular weight is 200 g/mol. The Morgan fingerprint density at radius 1 is 1.47 bits per heavy atom. The van der Waals surface area contributed by atoms with Gasteiger partial charge in [-0.2, -0.15) is 5.26 Å². The van der Waals surface area contributed by atoms with E-state index >= 15 is 0 Å². The van der Waals surface area contributed by atoms with Gasteiger partial charge in [-0.25, -0.2) is 0 Å². The van der Waals surface area contributed by atoms with Crippen molar-refractivity contribution in [2.24, 2.45) is 5.92 Å². The molecule has 2 heteroatoms. The van der Waals surface area contributed by atoms with E-state index in [0.717, 1.165) is 17.2 Å². The number of para-hydroxylation sites is 1. The fraction of sp³-hybridized carbons (Fsp3) is 0.462. The molecule has 0 bridgehead atoms. The van der Waals surface area contributed by atoms with Crippen molar-refractivity contribution in [1.82, 2.24) is 0 Å². The zero-order valence-corrected chi connectivity index (χ0v) is 9.03. The molecule has 78 valence electrons. The van der Waals surface area contributed by atoms with Crippen molar-refractivity contribution in [1.29, 1.82) is 5.26 Å². The molecule has 1 aliphatic carbocycles. The van der Waals surface area contributed by atoms with E-state index in [1.54, 1.807) is 0 Å². The molecule has 2 unspecified atom stereocenters. The molecule has 2 nitrogen and oxygen atoms in total. The molecule has 1 N–H and O–H groups in total. The molecule has 0 radical (unpaired) electrons. The fourth-order valence-electron chi connectivity index (χ4n) is 2.02. The van der Waals surface area contributed by atoms with Gasteiger partial charge in [0.2, 0.25) is 0 Å². The van der Waals surface area contributed by atoms with Crippen LogP contribution in [-0.4, -0.2) is 6.04 Å². The number of rotatable bonds is 4. The summed E-state index contributed by atoms with van der Waals surface area (Å²) in [5.74, 6) is 0.821. The highest BCUT2D eigenvalue weighted by Gasteiger charge is 2.36. The molecule has 1 aromatic carbocycles. The minimum Gasteiger partial charge on any atom is -0.381 e. The summed E-state index contributed by atoms with van der Waals surface area (Å²) in [5.41, 5.74) is 1.74. The van der Waals surface area contributed by atoms with Crippen molar-refractivity contribution in [2.75, 3.05) is 5.32 Å². The van der Waals surface area contributed by atoms with Crippen molar-refractivity contribution < 1.29 is 0 Å². The Morgan fingerprint density at radius 3 is 3.00 bits per heavy atom. The number of hydrogen-bond donors (Lipinski definition) is 1. The number of nitriles is 1. The number of nitrogens with one attached hydrogen (secondary N) is 1. The lowest BCUT2D eigenvalue weighted by Gasteiger charge is -2.06. The maximum absolute atomic E-state index is 8.93. The molecule has 0 spiro atoms. The Hall–Kier alpha value is -1.49. The van der Waals surface area contributed by atoms with Gasteiger partial charge in [0.1, 0.15) is 6.07 Å². The summed E-state index contributed by atoms with van der Waals surface area (Å²) in [4.78, 5) is 0. The van der Waals surface area contributed by atoms with Crippen molar-refractivity contribution in [3.63, 3.8) is 0 Å². The monoisotopic (exact) mass is 200 g/mol. The molecule has 1 aliphatic rings. The maximum atomic E-state index is 8.93. The zero-order valence-electron chi connectivity index (χ0n) is 9.03. The van der Waals surface area contributed by atoms with Crippen LogP contribution in [0.4, 0.5) is 5.69 Å². The summed E-state index contributed by atoms with van der Waals surface area (Å²) in [6.07, 6.45) is 3.81. The van der Waals surface area contributed by atoms with Crippen LogP contribution in [0.25, 0.3) is 0 Å². The van der Waals surface area contributed by atoms with E-state index in [9.17, 15) is 0 Å². The van der Waals surface area contributed by atoms with Gasteiger partial charge < -0.3 is 5.32 Å². The Balaban J connectivity index is 1.98. The molecule has 0 saturated heterocycles. The van der Waals surface area contributed by atoms with Crippen molar-refractivity contribution >= 4 is 5.69 Å². The van der Waals surface area contributed by atoms with Gasteiger partial charge in [0.15, 0.2) is 0 Å². The van der Waals surface area contributed by atoms with Gasteiger partial charge in [0.25, 0.3) is 0 Å². The maximum Gasteiger partial charge on any atom is 0.101 e. The summed E-state index contributed by atoms with van der Waals surface area (Å²) < 4.78 is 0. The predicted molar refractivity (Wildman–Crippen MR) is 61.6 cm³/mol. The second-order valence-corrected chi connectivity index (χ2v) is 4.19. The summed E-state index contributed by atoms with van der Waals surface area (Å²) in [5, 5.41) is 12.4. The molecule has 1 fully saturated rings. The third-order valence-corrected chi connectivity index (χ3v) is 2.97. The first kappa shape index (κ1) is 10.0. The molecule has 2 atom stereocenters. The predicted octanol–water partition coefficient (Wildman–Crippen LogP) is 3.16. The number of hydrogen-bond acceptors (Lipinski definition) is 2. The summed E-state index contributed by atoms with van der Waals surface area (Å²) in [7, 11) is 0. The zero-order chi connectivity index (χ0) is 10.7. The van der Waals surface area contributed by atoms with Gasteiger partial charge >= 0.3 is 0 Å². The second kappa shape index (κ2) is 4.35. The Kier molecular flexibility index (Phi) is 2.91. The molecular weight excluding hydrogens is 184 g/mol. The molecule has 0 aliphatic heterocycles. The van der Waals surface area contributed by atoms with E-state index in [-0.39, 0.29) is 0 Å². The summed E-state index contributed by atoms with van der Waals surface area (Å²) >= 11 is 0. The highest BCUT2D eigenvalue weighted by atomic mass is 15.0. The van der Waals surface area contributed by atoms with Crippen LogP contribution in [0.15, 0.2) is 24.3 Å². The molecule has 1 aromatic rings. The molecule has 2 rings (SSSR count). The lowest BCUT2D eigenvalue weighted by molar-refractivity contribution is 0.693. The molecule has 15 heavy (non-hydrogen) atoms. The molecule has 0 amide bonds. The van der Waals surface area contributed by atoms with E-state index in [4.69, 9.17) is 5.26 Å². The van der Waals surface area contributed by atoms with Crippen LogP contribution in [0.5, 0.6) is 0 Å². The summed E-state index contributed by atoms with van der Waals surface area (Å²) in [6.45, 7) is 2.22. The van der Waals surface area contributed by atoms with Crippen LogP contribution in [0.2, 0.25) is 0 Å². The fourth-order valence-corrected chi connectivity index (χ4v) is 2.02. The molecule has 0 heterocycles. The standard InChI is InChI=1S/C13H16N2/c1-2-5-10-8-13(10)15-12-7-4-3-6-11(12)9-14/h3-4,6-7,10,13,15H,2,5,8H2,1H3. The number of nitrogens with zero attached hydrogens (tertiary/aromatic N) is 1. The first-order valence-corrected chi connectivity index (χ1v) is 5.60. The van der Waals surface area contributed by atoms with E-state index in [0.29, 0.717) is 6.04 Å². The van der Waals surface area contributed by atoms with Crippen molar-refractivity contribution in [2.45, 2.75) is 32.2 Å². The van der Waals surface area contributed by atoms with Crippen molar-refractivity contribution in [3.8, 4) is 6.07 Å². The van der Waals surface area contributed by atoms with Crippen LogP contribution in [0.1, 0.15) is 31.7 Å². The van der Waals surface area contributed by atoms with Gasteiger partial charge in [-0.3, -0.25) is 0 Å². The average Bonchev–Trinajstić information content (AvgIpc) is 2.98. The Morgan fingerprint density at radius 2 is 2.27 bits per heavy atom. The number of benzene rings is 1. The third kappa shape index (κ3) is 2.30. The quantitative estimate of drug-likeness (QED) is 0.810. The van der Waals surface area contributed by atoms with E-state index < -0.39 is 0 Å². The van der Waals surface area contributed by atoms with Gasteiger partial charge in [-0.1, -0.05) is 25.5 Å². The molecular formula is C13H16N2. The smallest absolute Gasteiger partial charge is 0.101 e. The van der Waals surface area contributed by atoms with Gasteiger partial charge in [0, 0.05) is 6.04 Å². The molecule has 1 saturated carbocycles. The Bertz CT molecular complexity index is 378. The highest BCUT2D eigenvalue weighted by Crippen LogP contribution is 2.37. The normalized spacial score (nSPS) is 23.2. The summed E-state index contributed by atoms with van der Waals surface area (Å²) in [6, 6.07) is 10.5. The van der Waals surface area contributed by atoms with E-state index in [2.05, 4.69) is 18.3 Å². The first-order chi connectivity index (χ1) is 7.35. The third-order valence-electron chi connectivity index (χ3n) is 2.97. The van der Waals surface area contributed by atoms with E-state index in [1.807, 2.05) is 24.3 Å².